The van der Waals surface area contributed by atoms with Crippen LogP contribution >= 0.6 is 11.6 Å². The number of halogens is 1. The Morgan fingerprint density at radius 1 is 1.26 bits per heavy atom. The zero-order chi connectivity index (χ0) is 14.0. The first kappa shape index (κ1) is 13.2. The third kappa shape index (κ3) is 2.77. The number of carbonyl (C=O) groups excluding carboxylic acids is 1. The Hall–Kier alpha value is -2.27. The number of hydrogen-bond acceptors (Lipinski definition) is 1. The number of nitrogens with two attached hydrogens (primary N) is 2. The molecule has 6 heteroatoms. The molecule has 0 fully saturated rings. The van der Waals surface area contributed by atoms with Crippen molar-refractivity contribution in [1.82, 2.24) is 4.57 Å². The van der Waals surface area contributed by atoms with Crippen LogP contribution in [0.3, 0.4) is 0 Å². The van der Waals surface area contributed by atoms with Gasteiger partial charge in [0.2, 0.25) is 0 Å². The van der Waals surface area contributed by atoms with Crippen LogP contribution in [0.4, 0.5) is 0 Å². The topological polar surface area (TPSA) is 86.4 Å². The summed E-state index contributed by atoms with van der Waals surface area (Å²) < 4.78 is 1.81. The van der Waals surface area contributed by atoms with E-state index in [1.165, 1.54) is 0 Å². The molecule has 0 saturated carbocycles. The van der Waals surface area contributed by atoms with Crippen molar-refractivity contribution in [3.05, 3.63) is 52.8 Å². The van der Waals surface area contributed by atoms with Gasteiger partial charge >= 0.3 is 0 Å². The predicted octanol–water partition coefficient (Wildman–Crippen LogP) is 1.85. The first-order valence-electron chi connectivity index (χ1n) is 5.56. The molecule has 0 aliphatic carbocycles. The quantitative estimate of drug-likeness (QED) is 0.648. The molecule has 5 nitrogen and oxygen atoms in total. The van der Waals surface area contributed by atoms with E-state index in [1.54, 1.807) is 19.1 Å². The van der Waals surface area contributed by atoms with Gasteiger partial charge in [0.25, 0.3) is 5.91 Å². The number of carbonyl (C=O) groups is 1. The zero-order valence-corrected chi connectivity index (χ0v) is 11.1. The van der Waals surface area contributed by atoms with E-state index in [2.05, 4.69) is 4.99 Å². The molecule has 4 N–H and O–H groups in total. The number of aromatic nitrogens is 1. The number of nitrogens with zero attached hydrogens (tertiary/aromatic N) is 2. The van der Waals surface area contributed by atoms with E-state index in [0.29, 0.717) is 16.3 Å². The van der Waals surface area contributed by atoms with Gasteiger partial charge in [0.15, 0.2) is 5.96 Å². The van der Waals surface area contributed by atoms with Crippen molar-refractivity contribution in [2.45, 2.75) is 6.92 Å². The van der Waals surface area contributed by atoms with Crippen LogP contribution in [0.15, 0.2) is 41.7 Å². The Kier molecular flexibility index (Phi) is 3.57. The Morgan fingerprint density at radius 2 is 1.89 bits per heavy atom. The van der Waals surface area contributed by atoms with Crippen LogP contribution in [0.2, 0.25) is 5.02 Å². The van der Waals surface area contributed by atoms with Gasteiger partial charge in [-0.15, -0.1) is 0 Å². The maximum absolute atomic E-state index is 11.9. The lowest BCUT2D eigenvalue weighted by atomic mass is 10.1. The van der Waals surface area contributed by atoms with E-state index in [9.17, 15) is 4.79 Å². The van der Waals surface area contributed by atoms with Crippen LogP contribution in [0.1, 0.15) is 15.9 Å². The predicted molar refractivity (Wildman–Crippen MR) is 75.7 cm³/mol. The fourth-order valence-electron chi connectivity index (χ4n) is 1.76. The van der Waals surface area contributed by atoms with Crippen LogP contribution < -0.4 is 11.5 Å². The third-order valence-electron chi connectivity index (χ3n) is 2.64. The van der Waals surface area contributed by atoms with Crippen molar-refractivity contribution in [1.29, 1.82) is 0 Å². The summed E-state index contributed by atoms with van der Waals surface area (Å²) in [5.41, 5.74) is 12.3. The summed E-state index contributed by atoms with van der Waals surface area (Å²) in [5, 5.41) is 0.551. The monoisotopic (exact) mass is 276 g/mol. The van der Waals surface area contributed by atoms with Crippen LogP contribution in [0.25, 0.3) is 5.69 Å². The van der Waals surface area contributed by atoms with Gasteiger partial charge < -0.3 is 16.0 Å². The van der Waals surface area contributed by atoms with Crippen LogP contribution in [0.5, 0.6) is 0 Å². The maximum atomic E-state index is 11.9. The Morgan fingerprint density at radius 3 is 2.47 bits per heavy atom. The first-order valence-corrected chi connectivity index (χ1v) is 5.94. The van der Waals surface area contributed by atoms with Crippen molar-refractivity contribution in [3.8, 4) is 5.69 Å². The molecule has 2 rings (SSSR count). The lowest BCUT2D eigenvalue weighted by Gasteiger charge is -2.10. The number of amides is 1. The molecule has 19 heavy (non-hydrogen) atoms. The van der Waals surface area contributed by atoms with Gasteiger partial charge in [0, 0.05) is 18.0 Å². The minimum absolute atomic E-state index is 0.262. The smallest absolute Gasteiger partial charge is 0.280 e. The van der Waals surface area contributed by atoms with E-state index in [0.717, 1.165) is 5.56 Å². The summed E-state index contributed by atoms with van der Waals surface area (Å²) in [7, 11) is 0. The summed E-state index contributed by atoms with van der Waals surface area (Å²) >= 11 is 6.19. The van der Waals surface area contributed by atoms with Gasteiger partial charge in [-0.25, -0.2) is 0 Å². The second-order valence-electron chi connectivity index (χ2n) is 4.05. The summed E-state index contributed by atoms with van der Waals surface area (Å²) in [6.07, 6.45) is 3.68. The number of rotatable bonds is 2. The number of aliphatic imine (C=N–C) groups is 1. The summed E-state index contributed by atoms with van der Waals surface area (Å²) in [6.45, 7) is 1.78. The maximum Gasteiger partial charge on any atom is 0.280 e. The molecule has 0 spiro atoms. The van der Waals surface area contributed by atoms with Gasteiger partial charge in [0.1, 0.15) is 0 Å². The molecule has 1 heterocycles. The standard InChI is InChI=1S/C13H13ClN4O/c1-8-6-10(14)11(18-4-2-3-5-18)7-9(8)12(19)17-13(15)16/h2-7H,1H3,(H4,15,16,17,19). The van der Waals surface area contributed by atoms with Crippen molar-refractivity contribution in [3.63, 3.8) is 0 Å². The molecule has 0 aliphatic heterocycles. The van der Waals surface area contributed by atoms with Crippen LogP contribution in [-0.2, 0) is 0 Å². The van der Waals surface area contributed by atoms with Gasteiger partial charge in [-0.1, -0.05) is 11.6 Å². The molecular formula is C13H13ClN4O. The molecule has 1 amide bonds. The number of guanidine groups is 1. The number of aryl methyl sites for hydroxylation is 1. The fraction of sp³-hybridized carbons (Fsp3) is 0.0769. The number of benzene rings is 1. The summed E-state index contributed by atoms with van der Waals surface area (Å²) in [5.74, 6) is -0.746. The molecule has 0 saturated heterocycles. The summed E-state index contributed by atoms with van der Waals surface area (Å²) in [4.78, 5) is 15.5. The molecular weight excluding hydrogens is 264 g/mol. The van der Waals surface area contributed by atoms with Crippen molar-refractivity contribution in [2.24, 2.45) is 16.5 Å². The Labute approximate surface area is 115 Å². The van der Waals surface area contributed by atoms with Crippen LogP contribution in [0, 0.1) is 6.92 Å². The zero-order valence-electron chi connectivity index (χ0n) is 10.3. The normalized spacial score (nSPS) is 10.2. The average Bonchev–Trinajstić information content (AvgIpc) is 2.81. The minimum atomic E-state index is -0.484. The highest BCUT2D eigenvalue weighted by Crippen LogP contribution is 2.25. The van der Waals surface area contributed by atoms with E-state index in [4.69, 9.17) is 23.1 Å². The van der Waals surface area contributed by atoms with Crippen molar-refractivity contribution >= 4 is 23.5 Å². The molecule has 0 radical (unpaired) electrons. The molecule has 2 aromatic rings. The largest absolute Gasteiger partial charge is 0.370 e. The van der Waals surface area contributed by atoms with E-state index < -0.39 is 5.91 Å². The molecule has 1 aromatic heterocycles. The van der Waals surface area contributed by atoms with Crippen LogP contribution in [-0.4, -0.2) is 16.4 Å². The first-order chi connectivity index (χ1) is 8.99. The van der Waals surface area contributed by atoms with E-state index in [-0.39, 0.29) is 5.96 Å². The Bertz CT molecular complexity index is 643. The van der Waals surface area contributed by atoms with Crippen molar-refractivity contribution < 1.29 is 4.79 Å². The highest BCUT2D eigenvalue weighted by molar-refractivity contribution is 6.32. The lowest BCUT2D eigenvalue weighted by molar-refractivity contribution is 0.100. The van der Waals surface area contributed by atoms with Gasteiger partial charge in [0.05, 0.1) is 10.7 Å². The third-order valence-corrected chi connectivity index (χ3v) is 2.94. The molecule has 0 unspecified atom stereocenters. The minimum Gasteiger partial charge on any atom is -0.370 e. The molecule has 0 atom stereocenters. The summed E-state index contributed by atoms with van der Waals surface area (Å²) in [6, 6.07) is 7.13. The molecule has 98 valence electrons. The number of hydrogen-bond donors (Lipinski definition) is 2. The highest BCUT2D eigenvalue weighted by Gasteiger charge is 2.13. The second-order valence-corrected chi connectivity index (χ2v) is 4.46. The average molecular weight is 277 g/mol. The SMILES string of the molecule is Cc1cc(Cl)c(-n2cccc2)cc1C(=O)N=C(N)N. The molecule has 0 bridgehead atoms. The Balaban J connectivity index is 2.55. The molecule has 1 aromatic carbocycles. The van der Waals surface area contributed by atoms with Gasteiger partial charge in [-0.3, -0.25) is 4.79 Å². The fourth-order valence-corrected chi connectivity index (χ4v) is 2.08. The molecule has 0 aliphatic rings. The highest BCUT2D eigenvalue weighted by atomic mass is 35.5. The van der Waals surface area contributed by atoms with E-state index >= 15 is 0 Å². The van der Waals surface area contributed by atoms with E-state index in [1.807, 2.05) is 29.1 Å². The van der Waals surface area contributed by atoms with Gasteiger partial charge in [-0.2, -0.15) is 4.99 Å². The second kappa shape index (κ2) is 5.16. The van der Waals surface area contributed by atoms with Gasteiger partial charge in [-0.05, 0) is 36.8 Å². The van der Waals surface area contributed by atoms with Crippen molar-refractivity contribution in [2.75, 3.05) is 0 Å². The lowest BCUT2D eigenvalue weighted by Crippen LogP contribution is -2.24.